The first kappa shape index (κ1) is 15.5. The molecule has 1 heterocycles. The van der Waals surface area contributed by atoms with Gasteiger partial charge in [0.05, 0.1) is 12.5 Å². The van der Waals surface area contributed by atoms with Gasteiger partial charge in [-0.15, -0.1) is 0 Å². The van der Waals surface area contributed by atoms with E-state index in [2.05, 4.69) is 6.08 Å². The average Bonchev–Trinajstić information content (AvgIpc) is 2.64. The van der Waals surface area contributed by atoms with Gasteiger partial charge in [-0.3, -0.25) is 4.79 Å². The van der Waals surface area contributed by atoms with Gasteiger partial charge in [0, 0.05) is 16.8 Å². The Bertz CT molecular complexity index is 1050. The molecule has 4 nitrogen and oxygen atoms in total. The third-order valence-corrected chi connectivity index (χ3v) is 4.64. The first-order valence-electron chi connectivity index (χ1n) is 8.36. The predicted octanol–water partition coefficient (Wildman–Crippen LogP) is 4.26. The van der Waals surface area contributed by atoms with Gasteiger partial charge >= 0.3 is 0 Å². The summed E-state index contributed by atoms with van der Waals surface area (Å²) in [6, 6.07) is 13.0. The molecule has 0 atom stereocenters. The van der Waals surface area contributed by atoms with Gasteiger partial charge in [-0.1, -0.05) is 18.2 Å². The van der Waals surface area contributed by atoms with Crippen LogP contribution in [0.4, 0.5) is 5.69 Å². The molecule has 2 N–H and O–H groups in total. The monoisotopic (exact) mass is 333 g/mol. The topological polar surface area (TPSA) is 65.5 Å². The smallest absolute Gasteiger partial charge is 0.196 e. The first-order valence-corrected chi connectivity index (χ1v) is 8.36. The molecule has 0 unspecified atom stereocenters. The number of benzene rings is 2. The molecule has 1 aliphatic rings. The van der Waals surface area contributed by atoms with Crippen molar-refractivity contribution >= 4 is 28.3 Å². The van der Waals surface area contributed by atoms with Gasteiger partial charge < -0.3 is 14.9 Å². The summed E-state index contributed by atoms with van der Waals surface area (Å²) < 4.78 is 11.5. The molecule has 1 aromatic heterocycles. The summed E-state index contributed by atoms with van der Waals surface area (Å²) in [5.41, 5.74) is 9.74. The van der Waals surface area contributed by atoms with E-state index in [4.69, 9.17) is 14.9 Å². The van der Waals surface area contributed by atoms with Crippen molar-refractivity contribution in [3.63, 3.8) is 0 Å². The summed E-state index contributed by atoms with van der Waals surface area (Å²) in [6.07, 6.45) is 4.58. The normalized spacial score (nSPS) is 15.3. The zero-order chi connectivity index (χ0) is 17.4. The molecule has 0 bridgehead atoms. The van der Waals surface area contributed by atoms with Crippen LogP contribution in [0.1, 0.15) is 29.7 Å². The van der Waals surface area contributed by atoms with Gasteiger partial charge in [-0.25, -0.2) is 0 Å². The van der Waals surface area contributed by atoms with Crippen molar-refractivity contribution < 1.29 is 9.15 Å². The van der Waals surface area contributed by atoms with Crippen LogP contribution >= 0.6 is 0 Å². The number of hydrogen-bond acceptors (Lipinski definition) is 4. The highest BCUT2D eigenvalue weighted by Crippen LogP contribution is 2.34. The second-order valence-electron chi connectivity index (χ2n) is 6.26. The molecule has 2 aromatic carbocycles. The zero-order valence-corrected chi connectivity index (χ0v) is 14.0. The molecule has 4 rings (SSSR count). The van der Waals surface area contributed by atoms with Crippen LogP contribution in [0, 0.1) is 0 Å². The Labute approximate surface area is 145 Å². The lowest BCUT2D eigenvalue weighted by Crippen LogP contribution is -2.16. The van der Waals surface area contributed by atoms with Crippen LogP contribution in [0.25, 0.3) is 22.6 Å². The third-order valence-electron chi connectivity index (χ3n) is 4.64. The number of rotatable bonds is 2. The highest BCUT2D eigenvalue weighted by atomic mass is 16.5. The molecule has 0 aliphatic heterocycles. The second-order valence-corrected chi connectivity index (χ2v) is 6.26. The minimum atomic E-state index is 0.0224. The van der Waals surface area contributed by atoms with Crippen molar-refractivity contribution in [2.75, 3.05) is 12.8 Å². The maximum atomic E-state index is 12.9. The molecule has 0 amide bonds. The molecular formula is C21H19NO3. The SMILES string of the molecule is COc1ccccc1C=C1CCCc2c1oc1ccc(N)cc1c2=O. The van der Waals surface area contributed by atoms with Crippen LogP contribution in [-0.4, -0.2) is 7.11 Å². The van der Waals surface area contributed by atoms with Gasteiger partial charge in [0.2, 0.25) is 0 Å². The van der Waals surface area contributed by atoms with E-state index >= 15 is 0 Å². The zero-order valence-electron chi connectivity index (χ0n) is 14.0. The van der Waals surface area contributed by atoms with Crippen LogP contribution in [0.2, 0.25) is 0 Å². The fraction of sp³-hybridized carbons (Fsp3) is 0.190. The Morgan fingerprint density at radius 1 is 1.16 bits per heavy atom. The number of allylic oxidation sites excluding steroid dienone is 1. The van der Waals surface area contributed by atoms with Crippen LogP contribution in [0.5, 0.6) is 5.75 Å². The minimum absolute atomic E-state index is 0.0224. The van der Waals surface area contributed by atoms with E-state index in [0.717, 1.165) is 41.7 Å². The Kier molecular flexibility index (Phi) is 3.80. The van der Waals surface area contributed by atoms with Crippen molar-refractivity contribution in [3.8, 4) is 5.75 Å². The number of hydrogen-bond donors (Lipinski definition) is 1. The summed E-state index contributed by atoms with van der Waals surface area (Å²) in [5, 5.41) is 0.553. The molecule has 3 aromatic rings. The predicted molar refractivity (Wildman–Crippen MR) is 101 cm³/mol. The van der Waals surface area contributed by atoms with E-state index in [1.807, 2.05) is 24.3 Å². The quantitative estimate of drug-likeness (QED) is 0.712. The number of anilines is 1. The van der Waals surface area contributed by atoms with Crippen molar-refractivity contribution in [1.29, 1.82) is 0 Å². The number of ether oxygens (including phenoxy) is 1. The highest BCUT2D eigenvalue weighted by Gasteiger charge is 2.22. The number of fused-ring (bicyclic) bond motifs is 2. The lowest BCUT2D eigenvalue weighted by Gasteiger charge is -2.18. The van der Waals surface area contributed by atoms with Gasteiger partial charge in [-0.05, 0) is 55.2 Å². The van der Waals surface area contributed by atoms with E-state index in [1.165, 1.54) is 0 Å². The van der Waals surface area contributed by atoms with Gasteiger partial charge in [-0.2, -0.15) is 0 Å². The molecule has 4 heteroatoms. The number of methoxy groups -OCH3 is 1. The largest absolute Gasteiger partial charge is 0.496 e. The van der Waals surface area contributed by atoms with Crippen molar-refractivity contribution in [2.24, 2.45) is 0 Å². The third kappa shape index (κ3) is 2.70. The Morgan fingerprint density at radius 2 is 2.00 bits per heavy atom. The molecule has 0 spiro atoms. The lowest BCUT2D eigenvalue weighted by atomic mass is 9.90. The summed E-state index contributed by atoms with van der Waals surface area (Å²) in [6.45, 7) is 0. The van der Waals surface area contributed by atoms with Crippen LogP contribution in [-0.2, 0) is 6.42 Å². The maximum Gasteiger partial charge on any atom is 0.196 e. The molecule has 0 saturated carbocycles. The van der Waals surface area contributed by atoms with Crippen molar-refractivity contribution in [2.45, 2.75) is 19.3 Å². The van der Waals surface area contributed by atoms with Gasteiger partial charge in [0.25, 0.3) is 0 Å². The molecular weight excluding hydrogens is 314 g/mol. The van der Waals surface area contributed by atoms with Gasteiger partial charge in [0.15, 0.2) is 5.43 Å². The number of nitrogen functional groups attached to an aromatic ring is 1. The van der Waals surface area contributed by atoms with Crippen LogP contribution < -0.4 is 15.9 Å². The lowest BCUT2D eigenvalue weighted by molar-refractivity contribution is 0.414. The first-order chi connectivity index (χ1) is 12.2. The molecule has 126 valence electrons. The Morgan fingerprint density at radius 3 is 2.84 bits per heavy atom. The standard InChI is InChI=1S/C21H19NO3/c1-24-18-8-3-2-5-13(18)11-14-6-4-7-16-20(23)17-12-15(22)9-10-19(17)25-21(14)16/h2-3,5,8-12H,4,6-7,22H2,1H3. The summed E-state index contributed by atoms with van der Waals surface area (Å²) >= 11 is 0. The van der Waals surface area contributed by atoms with Crippen molar-refractivity contribution in [3.05, 3.63) is 69.6 Å². The molecule has 1 aliphatic carbocycles. The Balaban J connectivity index is 1.93. The average molecular weight is 333 g/mol. The molecule has 0 radical (unpaired) electrons. The Hall–Kier alpha value is -3.01. The summed E-state index contributed by atoms with van der Waals surface area (Å²) in [7, 11) is 1.66. The van der Waals surface area contributed by atoms with E-state index in [0.29, 0.717) is 22.4 Å². The second kappa shape index (κ2) is 6.13. The van der Waals surface area contributed by atoms with E-state index < -0.39 is 0 Å². The van der Waals surface area contributed by atoms with E-state index in [9.17, 15) is 4.79 Å². The number of nitrogens with two attached hydrogens (primary N) is 1. The van der Waals surface area contributed by atoms with Crippen LogP contribution in [0.15, 0.2) is 51.7 Å². The van der Waals surface area contributed by atoms with E-state index in [1.54, 1.807) is 25.3 Å². The highest BCUT2D eigenvalue weighted by molar-refractivity contribution is 5.87. The maximum absolute atomic E-state index is 12.9. The van der Waals surface area contributed by atoms with Crippen molar-refractivity contribution in [1.82, 2.24) is 0 Å². The van der Waals surface area contributed by atoms with Gasteiger partial charge in [0.1, 0.15) is 17.1 Å². The fourth-order valence-corrected chi connectivity index (χ4v) is 3.42. The minimum Gasteiger partial charge on any atom is -0.496 e. The summed E-state index contributed by atoms with van der Waals surface area (Å²) in [4.78, 5) is 12.9. The molecule has 0 saturated heterocycles. The molecule has 25 heavy (non-hydrogen) atoms. The van der Waals surface area contributed by atoms with E-state index in [-0.39, 0.29) is 5.43 Å². The fourth-order valence-electron chi connectivity index (χ4n) is 3.42. The number of para-hydroxylation sites is 1. The molecule has 0 fully saturated rings. The van der Waals surface area contributed by atoms with Crippen LogP contribution in [0.3, 0.4) is 0 Å². The summed E-state index contributed by atoms with van der Waals surface area (Å²) in [5.74, 6) is 1.50.